The molecule has 1 aliphatic heterocycles. The maximum atomic E-state index is 4.85. The minimum Gasteiger partial charge on any atom is -0.310 e. The second kappa shape index (κ2) is 11.1. The van der Waals surface area contributed by atoms with E-state index in [1.54, 1.807) is 6.20 Å². The molecule has 0 spiro atoms. The quantitative estimate of drug-likeness (QED) is 0.142. The van der Waals surface area contributed by atoms with Gasteiger partial charge in [0.25, 0.3) is 0 Å². The van der Waals surface area contributed by atoms with Gasteiger partial charge in [-0.2, -0.15) is 0 Å². The molecule has 0 bridgehead atoms. The lowest BCUT2D eigenvalue weighted by atomic mass is 9.62. The third-order valence-corrected chi connectivity index (χ3v) is 9.04. The van der Waals surface area contributed by atoms with Gasteiger partial charge in [-0.05, 0) is 78.4 Å². The van der Waals surface area contributed by atoms with Gasteiger partial charge in [-0.15, -0.1) is 0 Å². The molecule has 0 atom stereocenters. The van der Waals surface area contributed by atoms with Crippen LogP contribution in [-0.2, 0) is 5.41 Å². The monoisotopic (exact) mass is 593 g/mol. The summed E-state index contributed by atoms with van der Waals surface area (Å²) in [7, 11) is 0. The zero-order valence-corrected chi connectivity index (χ0v) is 25.5. The largest absolute Gasteiger partial charge is 0.310 e. The number of para-hydroxylation sites is 2. The lowest BCUT2D eigenvalue weighted by molar-refractivity contribution is 0.731. The van der Waals surface area contributed by atoms with Gasteiger partial charge < -0.3 is 9.47 Å². The number of benzene rings is 5. The van der Waals surface area contributed by atoms with Gasteiger partial charge in [-0.1, -0.05) is 97.1 Å². The minimum atomic E-state index is -0.503. The Morgan fingerprint density at radius 3 is 1.93 bits per heavy atom. The molecular weight excluding hydrogens is 562 g/mol. The van der Waals surface area contributed by atoms with E-state index in [-0.39, 0.29) is 0 Å². The van der Waals surface area contributed by atoms with Crippen LogP contribution in [-0.4, -0.2) is 22.6 Å². The van der Waals surface area contributed by atoms with Crippen LogP contribution in [0.25, 0.3) is 27.6 Å². The smallest absolute Gasteiger partial charge is 0.114 e. The van der Waals surface area contributed by atoms with Crippen molar-refractivity contribution in [1.29, 1.82) is 0 Å². The molecule has 0 radical (unpaired) electrons. The molecule has 46 heavy (non-hydrogen) atoms. The van der Waals surface area contributed by atoms with Crippen molar-refractivity contribution >= 4 is 57.8 Å². The first kappa shape index (κ1) is 27.5. The summed E-state index contributed by atoms with van der Waals surface area (Å²) in [4.78, 5) is 15.3. The molecular formula is C41H31N5. The Hall–Kier alpha value is -6.07. The predicted octanol–water partition coefficient (Wildman–Crippen LogP) is 9.90. The van der Waals surface area contributed by atoms with Gasteiger partial charge in [0.05, 0.1) is 33.3 Å². The van der Waals surface area contributed by atoms with Crippen LogP contribution in [0.3, 0.4) is 0 Å². The highest BCUT2D eigenvalue weighted by atomic mass is 15.2. The highest BCUT2D eigenvalue weighted by Crippen LogP contribution is 2.57. The molecule has 0 amide bonds. The summed E-state index contributed by atoms with van der Waals surface area (Å²) in [6, 6.07) is 50.2. The SMILES string of the molecule is C=NC=N/C=C(\C)n1c2ccc(N3c4ccccc4C(c4ccccc4)(c4ccccc4)c4ccccc43)cc2c2ncccc21. The summed E-state index contributed by atoms with van der Waals surface area (Å²) in [6.45, 7) is 5.55. The number of rotatable bonds is 6. The number of nitrogens with zero attached hydrogens (tertiary/aromatic N) is 5. The number of allylic oxidation sites excluding steroid dienone is 1. The molecule has 5 heteroatoms. The molecule has 5 aromatic carbocycles. The number of fused-ring (bicyclic) bond motifs is 5. The number of aromatic nitrogens is 2. The Bertz CT molecular complexity index is 2210. The molecule has 1 aliphatic rings. The standard InChI is InChI=1S/C41H31N5/c1-29(27-43-28-42-2)45-36-24-23-32(26-33(36)40-39(45)22-13-25-44-40)46-37-20-11-9-18-34(37)41(30-14-5-3-6-15-30,31-16-7-4-8-17-31)35-19-10-12-21-38(35)46/h3-28H,2H2,1H3/b29-27+,43-28?. The van der Waals surface area contributed by atoms with E-state index in [1.165, 1.54) is 28.6 Å². The van der Waals surface area contributed by atoms with Gasteiger partial charge in [0.1, 0.15) is 6.34 Å². The first-order valence-corrected chi connectivity index (χ1v) is 15.4. The van der Waals surface area contributed by atoms with Crippen LogP contribution < -0.4 is 4.90 Å². The summed E-state index contributed by atoms with van der Waals surface area (Å²) in [6.07, 6.45) is 5.11. The van der Waals surface area contributed by atoms with Crippen LogP contribution in [0.15, 0.2) is 162 Å². The van der Waals surface area contributed by atoms with E-state index in [1.807, 2.05) is 19.2 Å². The van der Waals surface area contributed by atoms with Crippen LogP contribution in [0.5, 0.6) is 0 Å². The highest BCUT2D eigenvalue weighted by Gasteiger charge is 2.46. The van der Waals surface area contributed by atoms with E-state index in [2.05, 4.69) is 160 Å². The van der Waals surface area contributed by atoms with E-state index in [9.17, 15) is 0 Å². The van der Waals surface area contributed by atoms with Crippen LogP contribution >= 0.6 is 0 Å². The van der Waals surface area contributed by atoms with Crippen molar-refractivity contribution in [2.45, 2.75) is 12.3 Å². The van der Waals surface area contributed by atoms with E-state index < -0.39 is 5.41 Å². The highest BCUT2D eigenvalue weighted by molar-refractivity contribution is 6.09. The third kappa shape index (κ3) is 4.06. The zero-order valence-electron chi connectivity index (χ0n) is 25.5. The molecule has 0 saturated carbocycles. The number of aliphatic imine (C=N–C) groups is 2. The number of pyridine rings is 1. The van der Waals surface area contributed by atoms with Gasteiger partial charge in [0, 0.05) is 29.2 Å². The van der Waals surface area contributed by atoms with Crippen LogP contribution in [0, 0.1) is 0 Å². The molecule has 2 aromatic heterocycles. The summed E-state index contributed by atoms with van der Waals surface area (Å²) in [5.41, 5.74) is 11.8. The predicted molar refractivity (Wildman–Crippen MR) is 192 cm³/mol. The van der Waals surface area contributed by atoms with Crippen molar-refractivity contribution in [1.82, 2.24) is 9.55 Å². The van der Waals surface area contributed by atoms with Crippen molar-refractivity contribution in [2.75, 3.05) is 4.90 Å². The molecule has 0 unspecified atom stereocenters. The molecule has 0 fully saturated rings. The van der Waals surface area contributed by atoms with Crippen LogP contribution in [0.1, 0.15) is 29.2 Å². The first-order valence-electron chi connectivity index (χ1n) is 15.4. The second-order valence-electron chi connectivity index (χ2n) is 11.5. The molecule has 0 N–H and O–H groups in total. The Morgan fingerprint density at radius 2 is 1.30 bits per heavy atom. The normalized spacial score (nSPS) is 14.0. The van der Waals surface area contributed by atoms with Gasteiger partial charge in [-0.25, -0.2) is 4.99 Å². The van der Waals surface area contributed by atoms with Crippen molar-refractivity contribution in [2.24, 2.45) is 9.98 Å². The van der Waals surface area contributed by atoms with Crippen molar-refractivity contribution < 1.29 is 0 Å². The Labute approximate surface area is 268 Å². The summed E-state index contributed by atoms with van der Waals surface area (Å²) in [5, 5.41) is 1.07. The zero-order chi connectivity index (χ0) is 31.1. The van der Waals surface area contributed by atoms with Crippen molar-refractivity contribution in [3.05, 3.63) is 174 Å². The maximum Gasteiger partial charge on any atom is 0.114 e. The van der Waals surface area contributed by atoms with Gasteiger partial charge in [0.2, 0.25) is 0 Å². The van der Waals surface area contributed by atoms with Crippen molar-refractivity contribution in [3.63, 3.8) is 0 Å². The number of hydrogen-bond acceptors (Lipinski definition) is 3. The minimum absolute atomic E-state index is 0.503. The Balaban J connectivity index is 1.41. The summed E-state index contributed by atoms with van der Waals surface area (Å²) in [5.74, 6) is 0. The fraction of sp³-hybridized carbons (Fsp3) is 0.0488. The Kier molecular flexibility index (Phi) is 6.65. The van der Waals surface area contributed by atoms with E-state index >= 15 is 0 Å². The molecule has 220 valence electrons. The fourth-order valence-corrected chi connectivity index (χ4v) is 7.28. The van der Waals surface area contributed by atoms with E-state index in [0.717, 1.165) is 44.7 Å². The molecule has 0 aliphatic carbocycles. The average Bonchev–Trinajstić information content (AvgIpc) is 3.45. The van der Waals surface area contributed by atoms with Crippen LogP contribution in [0.2, 0.25) is 0 Å². The lowest BCUT2D eigenvalue weighted by Gasteiger charge is -2.46. The number of anilines is 3. The molecule has 5 nitrogen and oxygen atoms in total. The fourth-order valence-electron chi connectivity index (χ4n) is 7.28. The molecule has 8 rings (SSSR count). The first-order chi connectivity index (χ1) is 22.7. The molecule has 7 aromatic rings. The van der Waals surface area contributed by atoms with E-state index in [0.29, 0.717) is 0 Å². The van der Waals surface area contributed by atoms with Crippen molar-refractivity contribution in [3.8, 4) is 0 Å². The van der Waals surface area contributed by atoms with Gasteiger partial charge in [0.15, 0.2) is 0 Å². The van der Waals surface area contributed by atoms with Gasteiger partial charge in [-0.3, -0.25) is 9.98 Å². The van der Waals surface area contributed by atoms with Crippen LogP contribution in [0.4, 0.5) is 17.1 Å². The molecule has 0 saturated heterocycles. The topological polar surface area (TPSA) is 45.8 Å². The average molecular weight is 594 g/mol. The molecule has 3 heterocycles. The van der Waals surface area contributed by atoms with Gasteiger partial charge >= 0.3 is 0 Å². The third-order valence-electron chi connectivity index (χ3n) is 9.04. The number of hydrogen-bond donors (Lipinski definition) is 0. The second-order valence-corrected chi connectivity index (χ2v) is 11.5. The summed E-state index contributed by atoms with van der Waals surface area (Å²) < 4.78 is 2.20. The van der Waals surface area contributed by atoms with E-state index in [4.69, 9.17) is 4.98 Å². The Morgan fingerprint density at radius 1 is 0.696 bits per heavy atom. The summed E-state index contributed by atoms with van der Waals surface area (Å²) >= 11 is 0. The lowest BCUT2D eigenvalue weighted by Crippen LogP contribution is -2.37. The maximum absolute atomic E-state index is 4.85.